The first-order valence-corrected chi connectivity index (χ1v) is 11.7. The normalized spacial score (nSPS) is 19.6. The third kappa shape index (κ3) is 3.84. The molecular formula is C25H26ClN3O4. The lowest BCUT2D eigenvalue weighted by Gasteiger charge is -2.30. The first-order valence-electron chi connectivity index (χ1n) is 11.3. The molecule has 1 aromatic heterocycles. The molecule has 0 amide bonds. The number of nitrogens with zero attached hydrogens (tertiary/aromatic N) is 3. The summed E-state index contributed by atoms with van der Waals surface area (Å²) >= 11 is 6.57. The Morgan fingerprint density at radius 2 is 2.03 bits per heavy atom. The fourth-order valence-corrected chi connectivity index (χ4v) is 5.17. The summed E-state index contributed by atoms with van der Waals surface area (Å²) in [7, 11) is 1.69. The molecule has 0 N–H and O–H groups in total. The molecule has 1 atom stereocenters. The average Bonchev–Trinajstić information content (AvgIpc) is 3.59. The lowest BCUT2D eigenvalue weighted by Crippen LogP contribution is -2.34. The van der Waals surface area contributed by atoms with E-state index in [-0.39, 0.29) is 6.79 Å². The molecule has 3 aliphatic heterocycles. The topological polar surface area (TPSA) is 58.0 Å². The minimum atomic E-state index is 0.246. The molecule has 0 spiro atoms. The van der Waals surface area contributed by atoms with Crippen molar-refractivity contribution in [3.8, 4) is 28.5 Å². The fraction of sp³-hybridized carbons (Fsp3) is 0.400. The molecule has 3 aromatic rings. The summed E-state index contributed by atoms with van der Waals surface area (Å²) in [6, 6.07) is 12.0. The van der Waals surface area contributed by atoms with Crippen LogP contribution in [0.5, 0.6) is 17.2 Å². The highest BCUT2D eigenvalue weighted by atomic mass is 35.5. The number of halogens is 1. The van der Waals surface area contributed by atoms with Crippen LogP contribution < -0.4 is 14.2 Å². The lowest BCUT2D eigenvalue weighted by atomic mass is 10.1. The van der Waals surface area contributed by atoms with Gasteiger partial charge in [-0.2, -0.15) is 0 Å². The number of rotatable bonds is 5. The van der Waals surface area contributed by atoms with Crippen LogP contribution in [-0.4, -0.2) is 48.1 Å². The maximum Gasteiger partial charge on any atom is 0.231 e. The molecule has 172 valence electrons. The van der Waals surface area contributed by atoms with Crippen LogP contribution in [0.2, 0.25) is 5.02 Å². The Hall–Kier alpha value is -2.74. The Kier molecular flexibility index (Phi) is 5.40. The van der Waals surface area contributed by atoms with E-state index in [1.165, 1.54) is 5.69 Å². The fourth-order valence-electron chi connectivity index (χ4n) is 4.96. The summed E-state index contributed by atoms with van der Waals surface area (Å²) in [6.07, 6.45) is 1.02. The van der Waals surface area contributed by atoms with Gasteiger partial charge in [0.05, 0.1) is 25.1 Å². The van der Waals surface area contributed by atoms with Crippen molar-refractivity contribution < 1.29 is 18.9 Å². The first-order chi connectivity index (χ1) is 16.2. The van der Waals surface area contributed by atoms with Crippen LogP contribution in [0.3, 0.4) is 0 Å². The molecule has 0 aliphatic carbocycles. The summed E-state index contributed by atoms with van der Waals surface area (Å²) < 4.78 is 24.6. The smallest absolute Gasteiger partial charge is 0.231 e. The third-order valence-corrected chi connectivity index (χ3v) is 7.04. The highest BCUT2D eigenvalue weighted by molar-refractivity contribution is 6.31. The molecule has 1 unspecified atom stereocenters. The molecule has 8 heteroatoms. The lowest BCUT2D eigenvalue weighted by molar-refractivity contribution is 0.173. The van der Waals surface area contributed by atoms with Crippen molar-refractivity contribution >= 4 is 11.6 Å². The largest absolute Gasteiger partial charge is 0.497 e. The summed E-state index contributed by atoms with van der Waals surface area (Å²) in [5, 5.41) is 0.704. The zero-order valence-electron chi connectivity index (χ0n) is 18.6. The van der Waals surface area contributed by atoms with Gasteiger partial charge < -0.3 is 23.5 Å². The molecule has 4 heterocycles. The quantitative estimate of drug-likeness (QED) is 0.552. The van der Waals surface area contributed by atoms with E-state index in [0.29, 0.717) is 16.7 Å². The number of imidazole rings is 1. The highest BCUT2D eigenvalue weighted by Crippen LogP contribution is 2.39. The monoisotopic (exact) mass is 467 g/mol. The summed E-state index contributed by atoms with van der Waals surface area (Å²) in [5.41, 5.74) is 4.37. The highest BCUT2D eigenvalue weighted by Gasteiger charge is 2.31. The molecule has 7 nitrogen and oxygen atoms in total. The Labute approximate surface area is 197 Å². The van der Waals surface area contributed by atoms with E-state index in [1.54, 1.807) is 7.11 Å². The number of aromatic nitrogens is 2. The maximum atomic E-state index is 6.57. The van der Waals surface area contributed by atoms with E-state index in [0.717, 1.165) is 80.0 Å². The summed E-state index contributed by atoms with van der Waals surface area (Å²) in [4.78, 5) is 7.58. The van der Waals surface area contributed by atoms with Gasteiger partial charge in [0.2, 0.25) is 6.79 Å². The van der Waals surface area contributed by atoms with Gasteiger partial charge in [0.15, 0.2) is 11.5 Å². The number of hydrogen-bond donors (Lipinski definition) is 0. The van der Waals surface area contributed by atoms with Crippen LogP contribution in [0.4, 0.5) is 0 Å². The van der Waals surface area contributed by atoms with E-state index >= 15 is 0 Å². The molecule has 1 saturated heterocycles. The van der Waals surface area contributed by atoms with Crippen LogP contribution in [0.25, 0.3) is 11.3 Å². The van der Waals surface area contributed by atoms with Crippen LogP contribution in [0.15, 0.2) is 36.4 Å². The Balaban J connectivity index is 1.34. The van der Waals surface area contributed by atoms with Crippen molar-refractivity contribution in [2.45, 2.75) is 32.0 Å². The predicted octanol–water partition coefficient (Wildman–Crippen LogP) is 4.46. The minimum absolute atomic E-state index is 0.246. The Morgan fingerprint density at radius 3 is 2.85 bits per heavy atom. The number of methoxy groups -OCH3 is 1. The minimum Gasteiger partial charge on any atom is -0.497 e. The Morgan fingerprint density at radius 1 is 1.15 bits per heavy atom. The van der Waals surface area contributed by atoms with Crippen molar-refractivity contribution in [1.82, 2.24) is 14.5 Å². The van der Waals surface area contributed by atoms with Crippen molar-refractivity contribution in [2.24, 2.45) is 0 Å². The number of fused-ring (bicyclic) bond motifs is 2. The van der Waals surface area contributed by atoms with Gasteiger partial charge in [-0.15, -0.1) is 0 Å². The summed E-state index contributed by atoms with van der Waals surface area (Å²) in [6.45, 7) is 5.13. The molecule has 3 aliphatic rings. The first kappa shape index (κ1) is 20.8. The van der Waals surface area contributed by atoms with Crippen LogP contribution in [0, 0.1) is 0 Å². The van der Waals surface area contributed by atoms with Gasteiger partial charge >= 0.3 is 0 Å². The van der Waals surface area contributed by atoms with Gasteiger partial charge in [-0.3, -0.25) is 4.90 Å². The van der Waals surface area contributed by atoms with Crippen LogP contribution in [-0.2, 0) is 24.4 Å². The van der Waals surface area contributed by atoms with E-state index in [9.17, 15) is 0 Å². The molecule has 0 bridgehead atoms. The van der Waals surface area contributed by atoms with Crippen LogP contribution in [0.1, 0.15) is 29.4 Å². The average molecular weight is 468 g/mol. The van der Waals surface area contributed by atoms with Gasteiger partial charge in [0, 0.05) is 55.4 Å². The van der Waals surface area contributed by atoms with Gasteiger partial charge in [0.25, 0.3) is 0 Å². The zero-order chi connectivity index (χ0) is 22.4. The van der Waals surface area contributed by atoms with Crippen molar-refractivity contribution in [1.29, 1.82) is 0 Å². The SMILES string of the molecule is COc1cccc(-c2nc(C3CCOC3)n3c2CN(Cc2cc4c(cc2Cl)OCO4)CC3)c1. The van der Waals surface area contributed by atoms with E-state index in [1.807, 2.05) is 24.3 Å². The van der Waals surface area contributed by atoms with E-state index in [4.69, 9.17) is 35.5 Å². The number of benzene rings is 2. The van der Waals surface area contributed by atoms with Crippen LogP contribution >= 0.6 is 11.6 Å². The third-order valence-electron chi connectivity index (χ3n) is 6.69. The zero-order valence-corrected chi connectivity index (χ0v) is 19.3. The van der Waals surface area contributed by atoms with Gasteiger partial charge in [-0.05, 0) is 30.2 Å². The van der Waals surface area contributed by atoms with Gasteiger partial charge in [-0.1, -0.05) is 23.7 Å². The second-order valence-electron chi connectivity index (χ2n) is 8.72. The number of ether oxygens (including phenoxy) is 4. The second kappa shape index (κ2) is 8.56. The molecule has 33 heavy (non-hydrogen) atoms. The molecule has 1 fully saturated rings. The van der Waals surface area contributed by atoms with Crippen molar-refractivity contribution in [2.75, 3.05) is 33.7 Å². The van der Waals surface area contributed by atoms with Gasteiger partial charge in [-0.25, -0.2) is 4.98 Å². The van der Waals surface area contributed by atoms with Crippen molar-refractivity contribution in [3.05, 3.63) is 58.5 Å². The van der Waals surface area contributed by atoms with Crippen molar-refractivity contribution in [3.63, 3.8) is 0 Å². The standard InChI is InChI=1S/C25H26ClN3O4/c1-30-19-4-2-3-16(9-19)24-21-13-28(6-7-29(21)25(27-24)17-5-8-31-14-17)12-18-10-22-23(11-20(18)26)33-15-32-22/h2-4,9-11,17H,5-8,12-15H2,1H3. The van der Waals surface area contributed by atoms with E-state index < -0.39 is 0 Å². The molecular weight excluding hydrogens is 442 g/mol. The Bertz CT molecular complexity index is 1190. The number of hydrogen-bond acceptors (Lipinski definition) is 6. The molecule has 6 rings (SSSR count). The van der Waals surface area contributed by atoms with Gasteiger partial charge in [0.1, 0.15) is 11.6 Å². The molecule has 2 aromatic carbocycles. The maximum absolute atomic E-state index is 6.57. The summed E-state index contributed by atoms with van der Waals surface area (Å²) in [5.74, 6) is 3.79. The van der Waals surface area contributed by atoms with E-state index in [2.05, 4.69) is 21.6 Å². The predicted molar refractivity (Wildman–Crippen MR) is 124 cm³/mol. The molecule has 0 saturated carbocycles. The molecule has 0 radical (unpaired) electrons. The second-order valence-corrected chi connectivity index (χ2v) is 9.12.